The van der Waals surface area contributed by atoms with Crippen LogP contribution in [0.5, 0.6) is 0 Å². The normalized spacial score (nSPS) is 19.9. The highest BCUT2D eigenvalue weighted by atomic mass is 32.2. The van der Waals surface area contributed by atoms with Crippen LogP contribution < -0.4 is 10.5 Å². The Hall–Kier alpha value is -2.23. The molecule has 5 rings (SSSR count). The average molecular weight is 413 g/mol. The van der Waals surface area contributed by atoms with Crippen LogP contribution in [0.4, 0.5) is 0 Å². The van der Waals surface area contributed by atoms with Crippen LogP contribution >= 0.6 is 0 Å². The summed E-state index contributed by atoms with van der Waals surface area (Å²) in [6, 6.07) is 13.4. The molecule has 0 spiro atoms. The van der Waals surface area contributed by atoms with Crippen molar-refractivity contribution in [2.45, 2.75) is 10.4 Å². The number of piperazine rings is 1. The second kappa shape index (κ2) is 6.93. The van der Waals surface area contributed by atoms with Crippen LogP contribution in [0.25, 0.3) is 22.0 Å². The Kier molecular flexibility index (Phi) is 4.49. The molecule has 0 atom stereocenters. The molecule has 0 radical (unpaired) electrons. The lowest BCUT2D eigenvalue weighted by atomic mass is 9.84. The summed E-state index contributed by atoms with van der Waals surface area (Å²) < 4.78 is 30.4. The zero-order valence-corrected chi connectivity index (χ0v) is 16.8. The minimum absolute atomic E-state index is 0.138. The second-order valence-electron chi connectivity index (χ2n) is 7.76. The van der Waals surface area contributed by atoms with E-state index in [1.54, 1.807) is 6.07 Å². The number of sulfonamides is 1. The molecule has 2 aliphatic heterocycles. The molecule has 0 bridgehead atoms. The number of hydrogen-bond donors (Lipinski definition) is 3. The van der Waals surface area contributed by atoms with Gasteiger partial charge in [0.15, 0.2) is 0 Å². The van der Waals surface area contributed by atoms with Gasteiger partial charge in [0.05, 0.1) is 29.2 Å². The van der Waals surface area contributed by atoms with Gasteiger partial charge < -0.3 is 15.0 Å². The zero-order valence-electron chi connectivity index (χ0n) is 16.0. The Labute approximate surface area is 169 Å². The number of fused-ring (bicyclic) bond motifs is 1. The number of aromatic nitrogens is 1. The number of primary sulfonamides is 1. The average Bonchev–Trinajstić information content (AvgIpc) is 3.16. The molecule has 7 nitrogen and oxygen atoms in total. The lowest BCUT2D eigenvalue weighted by Crippen LogP contribution is -2.63. The number of aromatic amines is 1. The van der Waals surface area contributed by atoms with E-state index in [1.165, 1.54) is 0 Å². The third kappa shape index (κ3) is 3.08. The summed E-state index contributed by atoms with van der Waals surface area (Å²) >= 11 is 0. The third-order valence-electron chi connectivity index (χ3n) is 6.10. The van der Waals surface area contributed by atoms with Crippen LogP contribution in [0.2, 0.25) is 0 Å². The van der Waals surface area contributed by atoms with Crippen molar-refractivity contribution in [2.24, 2.45) is 5.14 Å². The van der Waals surface area contributed by atoms with Gasteiger partial charge in [-0.3, -0.25) is 4.90 Å². The molecule has 3 aromatic rings. The number of rotatable bonds is 4. The smallest absolute Gasteiger partial charge is 0.238 e. The van der Waals surface area contributed by atoms with Gasteiger partial charge in [0, 0.05) is 43.5 Å². The predicted molar refractivity (Wildman–Crippen MR) is 112 cm³/mol. The van der Waals surface area contributed by atoms with E-state index in [0.29, 0.717) is 18.8 Å². The number of benzene rings is 2. The maximum atomic E-state index is 12.4. The Morgan fingerprint density at radius 2 is 1.83 bits per heavy atom. The molecule has 2 fully saturated rings. The summed E-state index contributed by atoms with van der Waals surface area (Å²) in [5.74, 6) is 0. The minimum atomic E-state index is -3.88. The van der Waals surface area contributed by atoms with Crippen molar-refractivity contribution in [1.82, 2.24) is 15.2 Å². The summed E-state index contributed by atoms with van der Waals surface area (Å²) in [7, 11) is -3.88. The van der Waals surface area contributed by atoms with Gasteiger partial charge in [-0.25, -0.2) is 13.6 Å². The van der Waals surface area contributed by atoms with Crippen LogP contribution in [-0.2, 0) is 20.3 Å². The molecule has 152 valence electrons. The van der Waals surface area contributed by atoms with Crippen molar-refractivity contribution >= 4 is 20.9 Å². The van der Waals surface area contributed by atoms with E-state index >= 15 is 0 Å². The van der Waals surface area contributed by atoms with Crippen molar-refractivity contribution in [2.75, 3.05) is 39.4 Å². The fraction of sp³-hybridized carbons (Fsp3) is 0.333. The maximum Gasteiger partial charge on any atom is 0.238 e. The van der Waals surface area contributed by atoms with Crippen LogP contribution in [0, 0.1) is 0 Å². The largest absolute Gasteiger partial charge is 0.377 e. The number of para-hydroxylation sites is 1. The van der Waals surface area contributed by atoms with Crippen molar-refractivity contribution in [3.05, 3.63) is 54.2 Å². The molecule has 3 heterocycles. The van der Waals surface area contributed by atoms with Crippen LogP contribution in [0.3, 0.4) is 0 Å². The van der Waals surface area contributed by atoms with Gasteiger partial charge in [0.25, 0.3) is 0 Å². The van der Waals surface area contributed by atoms with E-state index in [-0.39, 0.29) is 10.4 Å². The van der Waals surface area contributed by atoms with Gasteiger partial charge in [-0.15, -0.1) is 0 Å². The first-order valence-electron chi connectivity index (χ1n) is 9.76. The monoisotopic (exact) mass is 412 g/mol. The molecule has 2 saturated heterocycles. The van der Waals surface area contributed by atoms with E-state index in [4.69, 9.17) is 9.88 Å². The van der Waals surface area contributed by atoms with E-state index in [1.807, 2.05) is 42.6 Å². The van der Waals surface area contributed by atoms with Crippen molar-refractivity contribution < 1.29 is 13.2 Å². The van der Waals surface area contributed by atoms with E-state index in [0.717, 1.165) is 48.2 Å². The maximum absolute atomic E-state index is 12.4. The number of H-pyrrole nitrogens is 1. The quantitative estimate of drug-likeness (QED) is 0.605. The zero-order chi connectivity index (χ0) is 20.1. The van der Waals surface area contributed by atoms with Crippen LogP contribution in [-0.4, -0.2) is 57.7 Å². The summed E-state index contributed by atoms with van der Waals surface area (Å²) in [6.45, 7) is 4.95. The summed E-state index contributed by atoms with van der Waals surface area (Å²) in [5.41, 5.74) is 3.19. The molecule has 0 aliphatic carbocycles. The van der Waals surface area contributed by atoms with E-state index < -0.39 is 10.0 Å². The molecular formula is C21H24N4O3S. The fourth-order valence-corrected chi connectivity index (χ4v) is 5.24. The molecule has 2 aromatic carbocycles. The van der Waals surface area contributed by atoms with Crippen molar-refractivity contribution in [1.29, 1.82) is 0 Å². The molecule has 1 aromatic heterocycles. The minimum Gasteiger partial charge on any atom is -0.377 e. The first-order valence-corrected chi connectivity index (χ1v) is 11.3. The van der Waals surface area contributed by atoms with Gasteiger partial charge in [0.2, 0.25) is 10.0 Å². The van der Waals surface area contributed by atoms with Crippen molar-refractivity contribution in [3.8, 4) is 11.1 Å². The van der Waals surface area contributed by atoms with Gasteiger partial charge in [0.1, 0.15) is 0 Å². The molecule has 2 aliphatic rings. The number of nitrogens with two attached hydrogens (primary N) is 1. The molecule has 0 unspecified atom stereocenters. The molecule has 0 amide bonds. The highest BCUT2D eigenvalue weighted by molar-refractivity contribution is 7.89. The first kappa shape index (κ1) is 18.8. The van der Waals surface area contributed by atoms with E-state index in [9.17, 15) is 8.42 Å². The number of hydrogen-bond acceptors (Lipinski definition) is 5. The number of nitrogens with one attached hydrogen (secondary N) is 2. The standard InChI is InChI=1S/C21H24N4O3S/c22-29(26,27)19-5-4-16(21(13-28-14-21)25-10-8-23-9-11-25)12-18(19)17-3-1-2-15-6-7-24-20(15)17/h1-7,12,23-24H,8-11,13-14H2,(H2,22,26,27). The van der Waals surface area contributed by atoms with Gasteiger partial charge in [-0.1, -0.05) is 24.3 Å². The molecule has 0 saturated carbocycles. The Bertz CT molecular complexity index is 1160. The lowest BCUT2D eigenvalue weighted by molar-refractivity contribution is -0.149. The topological polar surface area (TPSA) is 100 Å². The Balaban J connectivity index is 1.70. The number of ether oxygens (including phenoxy) is 1. The summed E-state index contributed by atoms with van der Waals surface area (Å²) in [4.78, 5) is 5.82. The first-order chi connectivity index (χ1) is 14.0. The summed E-state index contributed by atoms with van der Waals surface area (Å²) in [6.07, 6.45) is 1.86. The van der Waals surface area contributed by atoms with Gasteiger partial charge in [-0.05, 0) is 29.1 Å². The third-order valence-corrected chi connectivity index (χ3v) is 7.07. The van der Waals surface area contributed by atoms with E-state index in [2.05, 4.69) is 15.2 Å². The van der Waals surface area contributed by atoms with Crippen LogP contribution in [0.15, 0.2) is 53.6 Å². The summed E-state index contributed by atoms with van der Waals surface area (Å²) in [5, 5.41) is 9.99. The highest BCUT2D eigenvalue weighted by Gasteiger charge is 2.46. The lowest BCUT2D eigenvalue weighted by Gasteiger charge is -2.51. The highest BCUT2D eigenvalue weighted by Crippen LogP contribution is 2.40. The molecule has 29 heavy (non-hydrogen) atoms. The number of nitrogens with zero attached hydrogens (tertiary/aromatic N) is 1. The molecule has 4 N–H and O–H groups in total. The fourth-order valence-electron chi connectivity index (χ4n) is 4.51. The predicted octanol–water partition coefficient (Wildman–Crippen LogP) is 1.61. The van der Waals surface area contributed by atoms with Crippen LogP contribution in [0.1, 0.15) is 5.56 Å². The van der Waals surface area contributed by atoms with Gasteiger partial charge >= 0.3 is 0 Å². The molecular weight excluding hydrogens is 388 g/mol. The Morgan fingerprint density at radius 3 is 2.52 bits per heavy atom. The molecule has 8 heteroatoms. The van der Waals surface area contributed by atoms with Crippen molar-refractivity contribution in [3.63, 3.8) is 0 Å². The SMILES string of the molecule is NS(=O)(=O)c1ccc(C2(N3CCNCC3)COC2)cc1-c1cccc2cc[nH]c12. The Morgan fingerprint density at radius 1 is 1.03 bits per heavy atom. The van der Waals surface area contributed by atoms with Gasteiger partial charge in [-0.2, -0.15) is 0 Å². The second-order valence-corrected chi connectivity index (χ2v) is 9.29.